The molecule has 142 valence electrons. The summed E-state index contributed by atoms with van der Waals surface area (Å²) in [6.07, 6.45) is 4.53. The predicted molar refractivity (Wildman–Crippen MR) is 103 cm³/mol. The molecule has 27 heavy (non-hydrogen) atoms. The molecule has 2 aromatic rings. The van der Waals surface area contributed by atoms with Crippen LogP contribution in [0.15, 0.2) is 23.9 Å². The van der Waals surface area contributed by atoms with Crippen molar-refractivity contribution in [2.45, 2.75) is 39.0 Å². The van der Waals surface area contributed by atoms with Crippen molar-refractivity contribution in [2.24, 2.45) is 0 Å². The second-order valence-electron chi connectivity index (χ2n) is 6.55. The molecule has 0 bridgehead atoms. The van der Waals surface area contributed by atoms with E-state index in [0.717, 1.165) is 24.2 Å². The van der Waals surface area contributed by atoms with Gasteiger partial charge in [0, 0.05) is 36.7 Å². The number of pyridine rings is 1. The number of aromatic nitrogens is 2. The largest absolute Gasteiger partial charge is 0.507 e. The Bertz CT molecular complexity index is 884. The number of carbonyl (C=O) groups is 2. The predicted octanol–water partition coefficient (Wildman–Crippen LogP) is 3.35. The van der Waals surface area contributed by atoms with Gasteiger partial charge in [0.25, 0.3) is 0 Å². The normalized spacial score (nSPS) is 15.6. The summed E-state index contributed by atoms with van der Waals surface area (Å²) in [5.41, 5.74) is 2.56. The van der Waals surface area contributed by atoms with Crippen molar-refractivity contribution in [1.29, 1.82) is 0 Å². The lowest BCUT2D eigenvalue weighted by Gasteiger charge is -2.14. The first-order chi connectivity index (χ1) is 13.0. The third-order valence-electron chi connectivity index (χ3n) is 4.40. The van der Waals surface area contributed by atoms with Crippen LogP contribution in [0.1, 0.15) is 51.4 Å². The fourth-order valence-corrected chi connectivity index (χ4v) is 4.19. The molecular weight excluding hydrogens is 364 g/mol. The van der Waals surface area contributed by atoms with E-state index in [4.69, 9.17) is 4.74 Å². The molecule has 0 fully saturated rings. The lowest BCUT2D eigenvalue weighted by molar-refractivity contribution is -0.116. The van der Waals surface area contributed by atoms with Gasteiger partial charge in [0.1, 0.15) is 16.6 Å². The summed E-state index contributed by atoms with van der Waals surface area (Å²) in [6, 6.07) is 3.65. The molecule has 2 aromatic heterocycles. The minimum absolute atomic E-state index is 0.0174. The van der Waals surface area contributed by atoms with Crippen molar-refractivity contribution in [3.8, 4) is 0 Å². The van der Waals surface area contributed by atoms with Crippen molar-refractivity contribution >= 4 is 28.7 Å². The van der Waals surface area contributed by atoms with Gasteiger partial charge in [-0.1, -0.05) is 0 Å². The average molecular weight is 386 g/mol. The molecule has 1 aliphatic carbocycles. The number of aliphatic hydroxyl groups is 1. The van der Waals surface area contributed by atoms with Crippen LogP contribution in [0.2, 0.25) is 0 Å². The number of methoxy groups -OCH3 is 1. The van der Waals surface area contributed by atoms with Crippen LogP contribution >= 0.6 is 11.3 Å². The molecule has 0 aromatic carbocycles. The van der Waals surface area contributed by atoms with E-state index < -0.39 is 0 Å². The van der Waals surface area contributed by atoms with Crippen LogP contribution in [-0.4, -0.2) is 40.4 Å². The summed E-state index contributed by atoms with van der Waals surface area (Å²) in [6.45, 7) is 2.18. The van der Waals surface area contributed by atoms with Gasteiger partial charge in [-0.25, -0.2) is 4.98 Å². The van der Waals surface area contributed by atoms with Crippen LogP contribution in [0.4, 0.5) is 0 Å². The number of hydrogen-bond donors (Lipinski definition) is 1. The number of Topliss-reactive ketones (excluding diaryl/α,β-unsaturated/α-hetero) is 2. The number of fused-ring (bicyclic) bond motifs is 1. The zero-order valence-electron chi connectivity index (χ0n) is 15.4. The molecule has 6 nitrogen and oxygen atoms in total. The Morgan fingerprint density at radius 1 is 1.33 bits per heavy atom. The van der Waals surface area contributed by atoms with E-state index in [-0.39, 0.29) is 23.7 Å². The third kappa shape index (κ3) is 4.48. The zero-order valence-corrected chi connectivity index (χ0v) is 16.3. The fourth-order valence-electron chi connectivity index (χ4n) is 3.04. The number of rotatable bonds is 7. The Labute approximate surface area is 161 Å². The number of aryl methyl sites for hydroxylation is 2. The number of allylic oxidation sites excluding steroid dienone is 1. The lowest BCUT2D eigenvalue weighted by atomic mass is 9.93. The average Bonchev–Trinajstić information content (AvgIpc) is 3.05. The van der Waals surface area contributed by atoms with Crippen molar-refractivity contribution in [3.05, 3.63) is 50.7 Å². The molecule has 0 atom stereocenters. The summed E-state index contributed by atoms with van der Waals surface area (Å²) < 4.78 is 5.03. The number of ketones is 2. The molecule has 2 heterocycles. The summed E-state index contributed by atoms with van der Waals surface area (Å²) in [5, 5.41) is 11.3. The molecular formula is C20H22N2O4S. The van der Waals surface area contributed by atoms with Gasteiger partial charge in [0.2, 0.25) is 5.78 Å². The topological polar surface area (TPSA) is 89.4 Å². The van der Waals surface area contributed by atoms with Crippen molar-refractivity contribution in [1.82, 2.24) is 9.97 Å². The molecule has 0 spiro atoms. The van der Waals surface area contributed by atoms with E-state index in [1.165, 1.54) is 18.3 Å². The summed E-state index contributed by atoms with van der Waals surface area (Å²) >= 11 is 1.25. The smallest absolute Gasteiger partial charge is 0.204 e. The number of hydrogen-bond acceptors (Lipinski definition) is 7. The Morgan fingerprint density at radius 2 is 2.15 bits per heavy atom. The number of carbonyl (C=O) groups excluding carboxylic acids is 2. The number of nitrogens with zero attached hydrogens (tertiary/aromatic N) is 2. The van der Waals surface area contributed by atoms with Crippen molar-refractivity contribution in [3.63, 3.8) is 0 Å². The standard InChI is InChI=1S/C20H22N2O4S/c1-12(23)10-17-22-16-8-7-15(19(25)20(16)27-17)18(24)13-5-6-14(21-11-13)4-3-9-26-2/h5-6,11,24H,3-4,7-10H2,1-2H3/b18-15-. The Hall–Kier alpha value is -2.38. The van der Waals surface area contributed by atoms with Gasteiger partial charge < -0.3 is 9.84 Å². The monoisotopic (exact) mass is 386 g/mol. The second-order valence-corrected chi connectivity index (χ2v) is 7.64. The summed E-state index contributed by atoms with van der Waals surface area (Å²) in [7, 11) is 1.67. The number of aliphatic hydroxyl groups excluding tert-OH is 1. The Kier molecular flexibility index (Phi) is 6.13. The van der Waals surface area contributed by atoms with Gasteiger partial charge in [-0.15, -0.1) is 11.3 Å². The fraction of sp³-hybridized carbons (Fsp3) is 0.400. The molecule has 0 saturated heterocycles. The van der Waals surface area contributed by atoms with Gasteiger partial charge in [0.05, 0.1) is 17.0 Å². The van der Waals surface area contributed by atoms with Crippen LogP contribution in [0.25, 0.3) is 5.76 Å². The summed E-state index contributed by atoms with van der Waals surface area (Å²) in [4.78, 5) is 33.4. The van der Waals surface area contributed by atoms with Gasteiger partial charge in [-0.2, -0.15) is 0 Å². The van der Waals surface area contributed by atoms with Gasteiger partial charge in [-0.05, 0) is 44.7 Å². The molecule has 0 unspecified atom stereocenters. The molecule has 1 N–H and O–H groups in total. The van der Waals surface area contributed by atoms with E-state index in [9.17, 15) is 14.7 Å². The maximum absolute atomic E-state index is 12.8. The van der Waals surface area contributed by atoms with Crippen LogP contribution < -0.4 is 0 Å². The third-order valence-corrected chi connectivity index (χ3v) is 5.50. The molecule has 7 heteroatoms. The molecule has 0 aliphatic heterocycles. The minimum atomic E-state index is -0.203. The first-order valence-corrected chi connectivity index (χ1v) is 9.70. The highest BCUT2D eigenvalue weighted by Crippen LogP contribution is 2.33. The molecule has 0 amide bonds. The van der Waals surface area contributed by atoms with E-state index in [0.29, 0.717) is 40.5 Å². The van der Waals surface area contributed by atoms with E-state index in [1.54, 1.807) is 19.4 Å². The molecule has 3 rings (SSSR count). The van der Waals surface area contributed by atoms with Crippen LogP contribution in [0.3, 0.4) is 0 Å². The SMILES string of the molecule is COCCCc1ccc(/C(O)=C2\CCc3nc(CC(C)=O)sc3C2=O)cn1. The Balaban J connectivity index is 1.80. The molecule has 0 saturated carbocycles. The second kappa shape index (κ2) is 8.54. The van der Waals surface area contributed by atoms with E-state index in [1.807, 2.05) is 6.07 Å². The van der Waals surface area contributed by atoms with E-state index in [2.05, 4.69) is 9.97 Å². The van der Waals surface area contributed by atoms with Gasteiger partial charge in [-0.3, -0.25) is 14.6 Å². The van der Waals surface area contributed by atoms with Crippen LogP contribution in [-0.2, 0) is 28.8 Å². The highest BCUT2D eigenvalue weighted by Gasteiger charge is 2.29. The van der Waals surface area contributed by atoms with Gasteiger partial charge >= 0.3 is 0 Å². The van der Waals surface area contributed by atoms with Gasteiger partial charge in [0.15, 0.2) is 0 Å². The highest BCUT2D eigenvalue weighted by atomic mass is 32.1. The minimum Gasteiger partial charge on any atom is -0.507 e. The zero-order chi connectivity index (χ0) is 19.4. The number of ether oxygens (including phenoxy) is 1. The first-order valence-electron chi connectivity index (χ1n) is 8.88. The first kappa shape index (κ1) is 19.4. The van der Waals surface area contributed by atoms with Crippen molar-refractivity contribution < 1.29 is 19.4 Å². The van der Waals surface area contributed by atoms with Crippen LogP contribution in [0, 0.1) is 0 Å². The van der Waals surface area contributed by atoms with Crippen LogP contribution in [0.5, 0.6) is 0 Å². The quantitative estimate of drug-likeness (QED) is 0.446. The summed E-state index contributed by atoms with van der Waals surface area (Å²) in [5.74, 6) is -0.211. The number of thiazole rings is 1. The maximum atomic E-state index is 12.8. The lowest BCUT2D eigenvalue weighted by Crippen LogP contribution is -2.14. The highest BCUT2D eigenvalue weighted by molar-refractivity contribution is 7.14. The Morgan fingerprint density at radius 3 is 2.81 bits per heavy atom. The molecule has 0 radical (unpaired) electrons. The maximum Gasteiger partial charge on any atom is 0.204 e. The molecule has 1 aliphatic rings. The van der Waals surface area contributed by atoms with E-state index >= 15 is 0 Å². The van der Waals surface area contributed by atoms with Crippen molar-refractivity contribution in [2.75, 3.05) is 13.7 Å².